The van der Waals surface area contributed by atoms with Gasteiger partial charge in [0, 0.05) is 29.9 Å². The molecule has 6 rings (SSSR count). The first-order chi connectivity index (χ1) is 28.2. The number of amides is 1. The summed E-state index contributed by atoms with van der Waals surface area (Å²) in [6.07, 6.45) is 5.94. The highest BCUT2D eigenvalue weighted by Gasteiger charge is 2.38. The van der Waals surface area contributed by atoms with Gasteiger partial charge in [0.1, 0.15) is 0 Å². The number of hydrogen-bond donors (Lipinski definition) is 1. The van der Waals surface area contributed by atoms with Crippen LogP contribution in [-0.2, 0) is 14.3 Å². The average Bonchev–Trinajstić information content (AvgIpc) is 3.28. The Labute approximate surface area is 358 Å². The molecule has 0 aliphatic carbocycles. The van der Waals surface area contributed by atoms with Crippen LogP contribution in [0.1, 0.15) is 65.5 Å². The number of carbonyl (C=O) groups excluding carboxylic acids is 1. The van der Waals surface area contributed by atoms with E-state index in [-0.39, 0.29) is 10.7 Å². The van der Waals surface area contributed by atoms with E-state index in [1.54, 1.807) is 0 Å². The van der Waals surface area contributed by atoms with Crippen LogP contribution < -0.4 is 5.32 Å². The number of nitrogens with one attached hydrogen (secondary N) is 1. The van der Waals surface area contributed by atoms with Crippen molar-refractivity contribution in [2.75, 3.05) is 43.0 Å². The fourth-order valence-corrected chi connectivity index (χ4v) is 11.1. The lowest BCUT2D eigenvalue weighted by Crippen LogP contribution is -2.40. The quantitative estimate of drug-likeness (QED) is 0.0395. The van der Waals surface area contributed by atoms with Gasteiger partial charge in [-0.2, -0.15) is 0 Å². The predicted octanol–water partition coefficient (Wildman–Crippen LogP) is 12.2. The van der Waals surface area contributed by atoms with Crippen LogP contribution in [0.5, 0.6) is 0 Å². The van der Waals surface area contributed by atoms with Gasteiger partial charge in [0.15, 0.2) is 0 Å². The molecule has 6 aromatic rings. The van der Waals surface area contributed by atoms with Crippen molar-refractivity contribution in [2.24, 2.45) is 0 Å². The molecule has 0 radical (unpaired) electrons. The van der Waals surface area contributed by atoms with Crippen LogP contribution in [0.3, 0.4) is 0 Å². The van der Waals surface area contributed by atoms with Gasteiger partial charge in [-0.15, -0.1) is 23.5 Å². The molecule has 0 fully saturated rings. The third-order valence-corrected chi connectivity index (χ3v) is 14.2. The number of thioether (sulfide) groups is 2. The van der Waals surface area contributed by atoms with Crippen LogP contribution >= 0.6 is 39.5 Å². The Hall–Kier alpha value is -4.07. The molecule has 0 unspecified atom stereocenters. The number of unbranched alkanes of at least 4 members (excludes halogenated alkanes) is 4. The second-order valence-electron chi connectivity index (χ2n) is 14.3. The lowest BCUT2D eigenvalue weighted by Gasteiger charge is -2.36. The SMILES string of the molecule is O=C(CN(CCCCCCCBr)CCSC(c1ccccc1)(c1ccccc1)c1ccccc1)NCCSC(c1ccccc1)(c1ccccc1)c1ccccc1. The molecule has 0 bridgehead atoms. The van der Waals surface area contributed by atoms with Gasteiger partial charge in [0.05, 0.1) is 16.0 Å². The first-order valence-electron chi connectivity index (χ1n) is 20.3. The topological polar surface area (TPSA) is 32.3 Å². The molecule has 0 atom stereocenters. The summed E-state index contributed by atoms with van der Waals surface area (Å²) in [5, 5.41) is 4.39. The molecule has 0 aromatic heterocycles. The number of nitrogens with zero attached hydrogens (tertiary/aromatic N) is 1. The van der Waals surface area contributed by atoms with Crippen molar-refractivity contribution >= 4 is 45.4 Å². The lowest BCUT2D eigenvalue weighted by atomic mass is 9.84. The smallest absolute Gasteiger partial charge is 0.234 e. The molecular weight excluding hydrogens is 801 g/mol. The third-order valence-electron chi connectivity index (χ3n) is 10.5. The van der Waals surface area contributed by atoms with E-state index < -0.39 is 4.75 Å². The van der Waals surface area contributed by atoms with E-state index in [2.05, 4.69) is 208 Å². The van der Waals surface area contributed by atoms with Crippen molar-refractivity contribution in [1.82, 2.24) is 10.2 Å². The van der Waals surface area contributed by atoms with Gasteiger partial charge >= 0.3 is 0 Å². The zero-order chi connectivity index (χ0) is 39.4. The third kappa shape index (κ3) is 11.3. The molecule has 0 aliphatic rings. The largest absolute Gasteiger partial charge is 0.354 e. The summed E-state index contributed by atoms with van der Waals surface area (Å²) in [5.74, 6) is 1.73. The minimum atomic E-state index is -0.407. The van der Waals surface area contributed by atoms with Gasteiger partial charge in [0.25, 0.3) is 0 Å². The summed E-state index contributed by atoms with van der Waals surface area (Å²) < 4.78 is -0.789. The van der Waals surface area contributed by atoms with Crippen molar-refractivity contribution in [3.8, 4) is 0 Å². The second kappa shape index (κ2) is 22.8. The van der Waals surface area contributed by atoms with Gasteiger partial charge in [0.2, 0.25) is 5.91 Å². The van der Waals surface area contributed by atoms with Crippen molar-refractivity contribution in [3.05, 3.63) is 215 Å². The van der Waals surface area contributed by atoms with Crippen LogP contribution in [0.25, 0.3) is 0 Å². The summed E-state index contributed by atoms with van der Waals surface area (Å²) >= 11 is 7.44. The molecule has 57 heavy (non-hydrogen) atoms. The van der Waals surface area contributed by atoms with Crippen LogP contribution in [0.4, 0.5) is 0 Å². The normalized spacial score (nSPS) is 11.8. The van der Waals surface area contributed by atoms with Gasteiger partial charge < -0.3 is 5.32 Å². The molecule has 294 valence electrons. The summed E-state index contributed by atoms with van der Waals surface area (Å²) in [6, 6.07) is 65.0. The van der Waals surface area contributed by atoms with E-state index in [0.29, 0.717) is 13.1 Å². The molecule has 1 N–H and O–H groups in total. The van der Waals surface area contributed by atoms with Crippen molar-refractivity contribution in [1.29, 1.82) is 0 Å². The summed E-state index contributed by atoms with van der Waals surface area (Å²) in [6.45, 7) is 2.71. The second-order valence-corrected chi connectivity index (χ2v) is 17.7. The van der Waals surface area contributed by atoms with Crippen LogP contribution in [0, 0.1) is 0 Å². The van der Waals surface area contributed by atoms with Crippen molar-refractivity contribution < 1.29 is 4.79 Å². The summed E-state index contributed by atoms with van der Waals surface area (Å²) in [5.41, 5.74) is 7.49. The molecule has 0 saturated carbocycles. The molecule has 3 nitrogen and oxygen atoms in total. The van der Waals surface area contributed by atoms with Gasteiger partial charge in [-0.3, -0.25) is 9.69 Å². The Balaban J connectivity index is 1.16. The highest BCUT2D eigenvalue weighted by atomic mass is 79.9. The zero-order valence-corrected chi connectivity index (χ0v) is 36.1. The number of carbonyl (C=O) groups is 1. The molecule has 0 aliphatic heterocycles. The standard InChI is InChI=1S/C51H55BrN2OS2/c52-36-22-2-1-3-23-38-54(39-41-57-51(46-30-16-7-17-31-46,47-32-18-8-19-33-47)48-34-20-9-21-35-48)42-49(55)53-37-40-56-50(43-24-10-4-11-25-43,44-26-12-5-13-27-44)45-28-14-6-15-29-45/h4-21,24-35H,1-3,22-23,36-42H2,(H,53,55). The predicted molar refractivity (Wildman–Crippen MR) is 250 cm³/mol. The van der Waals surface area contributed by atoms with Crippen LogP contribution in [0.2, 0.25) is 0 Å². The monoisotopic (exact) mass is 854 g/mol. The van der Waals surface area contributed by atoms with Crippen molar-refractivity contribution in [3.63, 3.8) is 0 Å². The summed E-state index contributed by atoms with van der Waals surface area (Å²) in [7, 11) is 0. The average molecular weight is 856 g/mol. The highest BCUT2D eigenvalue weighted by molar-refractivity contribution is 9.09. The molecule has 1 amide bonds. The minimum Gasteiger partial charge on any atom is -0.354 e. The number of benzene rings is 6. The minimum absolute atomic E-state index is 0.0880. The summed E-state index contributed by atoms with van der Waals surface area (Å²) in [4.78, 5) is 16.2. The van der Waals surface area contributed by atoms with Gasteiger partial charge in [-0.1, -0.05) is 217 Å². The van der Waals surface area contributed by atoms with Crippen LogP contribution in [0.15, 0.2) is 182 Å². The molecule has 0 saturated heterocycles. The van der Waals surface area contributed by atoms with Crippen LogP contribution in [-0.4, -0.2) is 53.8 Å². The van der Waals surface area contributed by atoms with E-state index in [0.717, 1.165) is 36.3 Å². The zero-order valence-electron chi connectivity index (χ0n) is 32.9. The number of rotatable bonds is 23. The maximum atomic E-state index is 13.8. The first kappa shape index (κ1) is 42.5. The molecule has 6 aromatic carbocycles. The maximum Gasteiger partial charge on any atom is 0.234 e. The Morgan fingerprint density at radius 1 is 0.456 bits per heavy atom. The number of halogens is 1. The Bertz CT molecular complexity index is 1810. The molecule has 0 heterocycles. The highest BCUT2D eigenvalue weighted by Crippen LogP contribution is 2.49. The van der Waals surface area contributed by atoms with E-state index in [9.17, 15) is 4.79 Å². The first-order valence-corrected chi connectivity index (χ1v) is 23.4. The van der Waals surface area contributed by atoms with Gasteiger partial charge in [-0.05, 0) is 52.8 Å². The van der Waals surface area contributed by atoms with Crippen molar-refractivity contribution in [2.45, 2.75) is 41.6 Å². The number of alkyl halides is 1. The lowest BCUT2D eigenvalue weighted by molar-refractivity contribution is -0.122. The Morgan fingerprint density at radius 3 is 1.16 bits per heavy atom. The Kier molecular flexibility index (Phi) is 17.0. The Morgan fingerprint density at radius 2 is 0.789 bits per heavy atom. The fraction of sp³-hybridized carbons (Fsp3) is 0.275. The van der Waals surface area contributed by atoms with E-state index >= 15 is 0 Å². The molecule has 0 spiro atoms. The molecule has 6 heteroatoms. The van der Waals surface area contributed by atoms with E-state index in [1.807, 2.05) is 23.5 Å². The van der Waals surface area contributed by atoms with Gasteiger partial charge in [-0.25, -0.2) is 0 Å². The maximum absolute atomic E-state index is 13.8. The number of hydrogen-bond acceptors (Lipinski definition) is 4. The fourth-order valence-electron chi connectivity index (χ4n) is 7.75. The van der Waals surface area contributed by atoms with E-state index in [4.69, 9.17) is 0 Å². The molecular formula is C51H55BrN2OS2. The van der Waals surface area contributed by atoms with E-state index in [1.165, 1.54) is 59.1 Å².